The molecule has 148 valence electrons. The molecule has 0 saturated heterocycles. The normalized spacial score (nSPS) is 11.6. The number of hydrogen-bond donors (Lipinski definition) is 2. The predicted octanol–water partition coefficient (Wildman–Crippen LogP) is 3.65. The summed E-state index contributed by atoms with van der Waals surface area (Å²) in [5, 5.41) is 6.27. The molecule has 0 bridgehead atoms. The van der Waals surface area contributed by atoms with Gasteiger partial charge >= 0.3 is 6.18 Å². The molecule has 2 aromatic rings. The number of nitrogens with one attached hydrogen (secondary N) is 2. The smallest absolute Gasteiger partial charge is 0.362 e. The molecule has 0 fully saturated rings. The van der Waals surface area contributed by atoms with Gasteiger partial charge in [-0.05, 0) is 23.8 Å². The van der Waals surface area contributed by atoms with Gasteiger partial charge in [0.05, 0.1) is 5.56 Å². The predicted molar refractivity (Wildman–Crippen MR) is 112 cm³/mol. The van der Waals surface area contributed by atoms with Crippen molar-refractivity contribution in [1.82, 2.24) is 15.6 Å². The number of hydrogen-bond acceptors (Lipinski definition) is 3. The van der Waals surface area contributed by atoms with Gasteiger partial charge in [0.25, 0.3) is 0 Å². The van der Waals surface area contributed by atoms with E-state index in [1.165, 1.54) is 12.1 Å². The fourth-order valence-electron chi connectivity index (χ4n) is 2.37. The number of halogens is 4. The molecule has 0 atom stereocenters. The van der Waals surface area contributed by atoms with Gasteiger partial charge in [-0.1, -0.05) is 18.2 Å². The Morgan fingerprint density at radius 2 is 1.70 bits per heavy atom. The molecule has 1 heterocycles. The van der Waals surface area contributed by atoms with Crippen LogP contribution in [0.3, 0.4) is 0 Å². The zero-order valence-electron chi connectivity index (χ0n) is 15.3. The number of rotatable bonds is 5. The summed E-state index contributed by atoms with van der Waals surface area (Å²) in [6.45, 7) is 0.888. The average molecular weight is 493 g/mol. The van der Waals surface area contributed by atoms with Crippen molar-refractivity contribution < 1.29 is 13.2 Å². The van der Waals surface area contributed by atoms with Gasteiger partial charge in [-0.15, -0.1) is 24.0 Å². The molecule has 0 aliphatic carbocycles. The van der Waals surface area contributed by atoms with E-state index in [4.69, 9.17) is 0 Å². The SMILES string of the molecule is CN=C(NCc1ccc(C(F)(F)F)cc1)NCc1cccnc1N(C)C.I. The minimum absolute atomic E-state index is 0. The second-order valence-corrected chi connectivity index (χ2v) is 5.85. The Bertz CT molecular complexity index is 745. The van der Waals surface area contributed by atoms with Gasteiger partial charge in [-0.3, -0.25) is 4.99 Å². The quantitative estimate of drug-likeness (QED) is 0.380. The number of guanidine groups is 1. The summed E-state index contributed by atoms with van der Waals surface area (Å²) < 4.78 is 37.8. The van der Waals surface area contributed by atoms with E-state index in [9.17, 15) is 13.2 Å². The first-order valence-corrected chi connectivity index (χ1v) is 8.03. The molecule has 0 radical (unpaired) electrons. The maximum atomic E-state index is 12.6. The first-order chi connectivity index (χ1) is 12.3. The Hall–Kier alpha value is -2.04. The highest BCUT2D eigenvalue weighted by molar-refractivity contribution is 14.0. The molecule has 2 rings (SSSR count). The number of benzene rings is 1. The number of pyridine rings is 1. The summed E-state index contributed by atoms with van der Waals surface area (Å²) in [6.07, 6.45) is -2.59. The van der Waals surface area contributed by atoms with E-state index in [0.717, 1.165) is 29.1 Å². The summed E-state index contributed by atoms with van der Waals surface area (Å²) in [6, 6.07) is 8.89. The van der Waals surface area contributed by atoms with Crippen molar-refractivity contribution in [2.45, 2.75) is 19.3 Å². The van der Waals surface area contributed by atoms with Crippen LogP contribution in [-0.2, 0) is 19.3 Å². The van der Waals surface area contributed by atoms with E-state index >= 15 is 0 Å². The number of nitrogens with zero attached hydrogens (tertiary/aromatic N) is 3. The Kier molecular flexibility index (Phi) is 8.80. The standard InChI is InChI=1S/C18H22F3N5.HI/c1-22-17(25-12-14-5-4-10-23-16(14)26(2)3)24-11-13-6-8-15(9-7-13)18(19,20)21;/h4-10H,11-12H2,1-3H3,(H2,22,24,25);1H. The van der Waals surface area contributed by atoms with Crippen LogP contribution in [0.25, 0.3) is 0 Å². The van der Waals surface area contributed by atoms with Gasteiger partial charge in [-0.25, -0.2) is 4.98 Å². The lowest BCUT2D eigenvalue weighted by atomic mass is 10.1. The molecule has 0 amide bonds. The molecule has 0 aliphatic heterocycles. The molecule has 2 N–H and O–H groups in total. The van der Waals surface area contributed by atoms with Crippen LogP contribution in [0.5, 0.6) is 0 Å². The van der Waals surface area contributed by atoms with E-state index in [0.29, 0.717) is 19.0 Å². The first-order valence-electron chi connectivity index (χ1n) is 8.03. The molecule has 5 nitrogen and oxygen atoms in total. The van der Waals surface area contributed by atoms with E-state index in [1.54, 1.807) is 13.2 Å². The van der Waals surface area contributed by atoms with E-state index in [-0.39, 0.29) is 24.0 Å². The zero-order valence-corrected chi connectivity index (χ0v) is 17.7. The van der Waals surface area contributed by atoms with Crippen LogP contribution in [0.2, 0.25) is 0 Å². The van der Waals surface area contributed by atoms with E-state index < -0.39 is 11.7 Å². The van der Waals surface area contributed by atoms with Crippen LogP contribution in [0.1, 0.15) is 16.7 Å². The van der Waals surface area contributed by atoms with Crippen molar-refractivity contribution >= 4 is 35.8 Å². The molecule has 0 saturated carbocycles. The number of alkyl halides is 3. The van der Waals surface area contributed by atoms with Gasteiger partial charge < -0.3 is 15.5 Å². The second-order valence-electron chi connectivity index (χ2n) is 5.85. The van der Waals surface area contributed by atoms with Crippen molar-refractivity contribution in [3.8, 4) is 0 Å². The Labute approximate surface area is 174 Å². The molecule has 1 aromatic carbocycles. The fraction of sp³-hybridized carbons (Fsp3) is 0.333. The highest BCUT2D eigenvalue weighted by Gasteiger charge is 2.29. The molecule has 9 heteroatoms. The summed E-state index contributed by atoms with van der Waals surface area (Å²) in [5.41, 5.74) is 1.09. The lowest BCUT2D eigenvalue weighted by Gasteiger charge is -2.17. The third-order valence-electron chi connectivity index (χ3n) is 3.70. The van der Waals surface area contributed by atoms with E-state index in [2.05, 4.69) is 20.6 Å². The summed E-state index contributed by atoms with van der Waals surface area (Å²) >= 11 is 0. The third-order valence-corrected chi connectivity index (χ3v) is 3.70. The average Bonchev–Trinajstić information content (AvgIpc) is 2.61. The van der Waals surface area contributed by atoms with Crippen molar-refractivity contribution in [2.24, 2.45) is 4.99 Å². The van der Waals surface area contributed by atoms with Crippen LogP contribution < -0.4 is 15.5 Å². The van der Waals surface area contributed by atoms with Crippen molar-refractivity contribution in [2.75, 3.05) is 26.0 Å². The van der Waals surface area contributed by atoms with Crippen molar-refractivity contribution in [3.63, 3.8) is 0 Å². The first kappa shape index (κ1) is 23.0. The van der Waals surface area contributed by atoms with Crippen LogP contribution in [-0.4, -0.2) is 32.1 Å². The number of anilines is 1. The Balaban J connectivity index is 0.00000364. The second kappa shape index (κ2) is 10.3. The van der Waals surface area contributed by atoms with Gasteiger partial charge in [0, 0.05) is 46.0 Å². The van der Waals surface area contributed by atoms with Crippen molar-refractivity contribution in [3.05, 3.63) is 59.3 Å². The lowest BCUT2D eigenvalue weighted by molar-refractivity contribution is -0.137. The van der Waals surface area contributed by atoms with Crippen LogP contribution in [0, 0.1) is 0 Å². The molecular formula is C18H23F3IN5. The maximum absolute atomic E-state index is 12.6. The van der Waals surface area contributed by atoms with Gasteiger partial charge in [0.15, 0.2) is 5.96 Å². The van der Waals surface area contributed by atoms with Gasteiger partial charge in [0.1, 0.15) is 5.82 Å². The Morgan fingerprint density at radius 1 is 1.07 bits per heavy atom. The number of aromatic nitrogens is 1. The van der Waals surface area contributed by atoms with Crippen LogP contribution in [0.15, 0.2) is 47.6 Å². The molecule has 27 heavy (non-hydrogen) atoms. The third kappa shape index (κ3) is 6.89. The largest absolute Gasteiger partial charge is 0.416 e. The van der Waals surface area contributed by atoms with Crippen LogP contribution >= 0.6 is 24.0 Å². The monoisotopic (exact) mass is 493 g/mol. The maximum Gasteiger partial charge on any atom is 0.416 e. The molecule has 0 unspecified atom stereocenters. The fourth-order valence-corrected chi connectivity index (χ4v) is 2.37. The number of aliphatic imine (C=N–C) groups is 1. The molecule has 0 aliphatic rings. The summed E-state index contributed by atoms with van der Waals surface area (Å²) in [4.78, 5) is 10.4. The van der Waals surface area contributed by atoms with Crippen molar-refractivity contribution in [1.29, 1.82) is 0 Å². The molecule has 0 spiro atoms. The summed E-state index contributed by atoms with van der Waals surface area (Å²) in [5.74, 6) is 1.41. The molecule has 1 aromatic heterocycles. The minimum atomic E-state index is -4.32. The summed E-state index contributed by atoms with van der Waals surface area (Å²) in [7, 11) is 5.48. The zero-order chi connectivity index (χ0) is 19.2. The highest BCUT2D eigenvalue weighted by Crippen LogP contribution is 2.29. The van der Waals surface area contributed by atoms with Crippen LogP contribution in [0.4, 0.5) is 19.0 Å². The highest BCUT2D eigenvalue weighted by atomic mass is 127. The molecular weight excluding hydrogens is 470 g/mol. The topological polar surface area (TPSA) is 52.6 Å². The Morgan fingerprint density at radius 3 is 2.26 bits per heavy atom. The van der Waals surface area contributed by atoms with E-state index in [1.807, 2.05) is 31.1 Å². The van der Waals surface area contributed by atoms with Gasteiger partial charge in [-0.2, -0.15) is 13.2 Å². The lowest BCUT2D eigenvalue weighted by Crippen LogP contribution is -2.36. The minimum Gasteiger partial charge on any atom is -0.362 e. The van der Waals surface area contributed by atoms with Gasteiger partial charge in [0.2, 0.25) is 0 Å².